The summed E-state index contributed by atoms with van der Waals surface area (Å²) < 4.78 is 29.2. The topological polar surface area (TPSA) is 39.9 Å². The molecule has 0 saturated carbocycles. The second kappa shape index (κ2) is 7.92. The minimum atomic E-state index is -1.07. The Bertz CT molecular complexity index is 788. The van der Waals surface area contributed by atoms with Crippen LogP contribution in [0.15, 0.2) is 42.5 Å². The first-order valence-electron chi connectivity index (χ1n) is 9.02. The maximum atomic E-state index is 14.7. The van der Waals surface area contributed by atoms with Crippen molar-refractivity contribution in [2.45, 2.75) is 38.9 Å². The molecule has 3 rings (SSSR count). The lowest BCUT2D eigenvalue weighted by Gasteiger charge is -2.42. The van der Waals surface area contributed by atoms with Crippen molar-refractivity contribution >= 4 is 0 Å². The number of nitrogens with zero attached hydrogens (tertiary/aromatic N) is 3. The first-order chi connectivity index (χ1) is 12.6. The summed E-state index contributed by atoms with van der Waals surface area (Å²) in [4.78, 5) is 5.99. The highest BCUT2D eigenvalue weighted by Crippen LogP contribution is 2.40. The van der Waals surface area contributed by atoms with Gasteiger partial charge in [-0.25, -0.2) is 9.37 Å². The van der Waals surface area contributed by atoms with Crippen molar-refractivity contribution in [1.29, 1.82) is 5.26 Å². The SMILES string of the molecule is CCC1(CC#N)CCN(Cc2ccc(-c3ccccc3)nc2F)CC1F. The zero-order chi connectivity index (χ0) is 18.6. The van der Waals surface area contributed by atoms with Crippen LogP contribution >= 0.6 is 0 Å². The summed E-state index contributed by atoms with van der Waals surface area (Å²) in [5.74, 6) is -0.508. The van der Waals surface area contributed by atoms with E-state index in [-0.39, 0.29) is 13.0 Å². The molecule has 0 amide bonds. The maximum Gasteiger partial charge on any atom is 0.217 e. The van der Waals surface area contributed by atoms with E-state index in [1.165, 1.54) is 0 Å². The molecule has 0 aliphatic carbocycles. The van der Waals surface area contributed by atoms with Gasteiger partial charge in [0.1, 0.15) is 6.17 Å². The number of aromatic nitrogens is 1. The Balaban J connectivity index is 1.70. The third kappa shape index (κ3) is 3.76. The van der Waals surface area contributed by atoms with E-state index >= 15 is 0 Å². The van der Waals surface area contributed by atoms with Crippen LogP contribution in [-0.2, 0) is 6.54 Å². The van der Waals surface area contributed by atoms with E-state index in [9.17, 15) is 8.78 Å². The Morgan fingerprint density at radius 1 is 1.27 bits per heavy atom. The standard InChI is InChI=1S/C21H23F2N3/c1-2-21(10-12-24)11-13-26(15-19(21)22)14-17-8-9-18(25-20(17)23)16-6-4-3-5-7-16/h3-9,19H,2,10-11,13-15H2,1H3. The molecule has 2 atom stereocenters. The van der Waals surface area contributed by atoms with Gasteiger partial charge in [0.2, 0.25) is 5.95 Å². The third-order valence-electron chi connectivity index (χ3n) is 5.53. The molecule has 26 heavy (non-hydrogen) atoms. The van der Waals surface area contributed by atoms with Crippen LogP contribution in [-0.4, -0.2) is 29.1 Å². The maximum absolute atomic E-state index is 14.7. The van der Waals surface area contributed by atoms with Gasteiger partial charge in [-0.15, -0.1) is 0 Å². The van der Waals surface area contributed by atoms with E-state index in [0.29, 0.717) is 37.2 Å². The quantitative estimate of drug-likeness (QED) is 0.727. The van der Waals surface area contributed by atoms with Gasteiger partial charge in [0, 0.05) is 36.1 Å². The van der Waals surface area contributed by atoms with Crippen LogP contribution in [0.1, 0.15) is 31.7 Å². The zero-order valence-electron chi connectivity index (χ0n) is 15.0. The monoisotopic (exact) mass is 355 g/mol. The van der Waals surface area contributed by atoms with Gasteiger partial charge in [-0.05, 0) is 25.5 Å². The summed E-state index contributed by atoms with van der Waals surface area (Å²) in [6.45, 7) is 3.16. The number of nitriles is 1. The highest BCUT2D eigenvalue weighted by Gasteiger charge is 2.42. The van der Waals surface area contributed by atoms with Gasteiger partial charge in [-0.1, -0.05) is 43.3 Å². The predicted octanol–water partition coefficient (Wildman–Crippen LogP) is 4.74. The second-order valence-electron chi connectivity index (χ2n) is 7.02. The number of likely N-dealkylation sites (tertiary alicyclic amines) is 1. The van der Waals surface area contributed by atoms with Crippen molar-refractivity contribution in [3.05, 3.63) is 54.0 Å². The first-order valence-corrected chi connectivity index (χ1v) is 9.02. The number of rotatable bonds is 5. The molecule has 1 fully saturated rings. The van der Waals surface area contributed by atoms with Crippen molar-refractivity contribution in [1.82, 2.24) is 9.88 Å². The lowest BCUT2D eigenvalue weighted by atomic mass is 9.72. The molecular weight excluding hydrogens is 332 g/mol. The molecule has 1 saturated heterocycles. The molecule has 1 aliphatic rings. The van der Waals surface area contributed by atoms with E-state index in [1.54, 1.807) is 12.1 Å². The van der Waals surface area contributed by atoms with Gasteiger partial charge in [0.15, 0.2) is 0 Å². The molecule has 0 bridgehead atoms. The summed E-state index contributed by atoms with van der Waals surface area (Å²) in [7, 11) is 0. The summed E-state index contributed by atoms with van der Waals surface area (Å²) in [6.07, 6.45) is 0.438. The fourth-order valence-electron chi connectivity index (χ4n) is 3.66. The van der Waals surface area contributed by atoms with Crippen LogP contribution < -0.4 is 0 Å². The third-order valence-corrected chi connectivity index (χ3v) is 5.53. The number of benzene rings is 1. The van der Waals surface area contributed by atoms with Gasteiger partial charge in [-0.3, -0.25) is 4.90 Å². The van der Waals surface area contributed by atoms with Gasteiger partial charge in [-0.2, -0.15) is 9.65 Å². The fraction of sp³-hybridized carbons (Fsp3) is 0.429. The zero-order valence-corrected chi connectivity index (χ0v) is 15.0. The van der Waals surface area contributed by atoms with Crippen LogP contribution in [0, 0.1) is 22.7 Å². The molecule has 136 valence electrons. The summed E-state index contributed by atoms with van der Waals surface area (Å²) in [5, 5.41) is 9.00. The average Bonchev–Trinajstić information content (AvgIpc) is 2.66. The Kier molecular flexibility index (Phi) is 5.63. The van der Waals surface area contributed by atoms with Crippen molar-refractivity contribution in [2.75, 3.05) is 13.1 Å². The Hall–Kier alpha value is -2.32. The minimum Gasteiger partial charge on any atom is -0.296 e. The van der Waals surface area contributed by atoms with Gasteiger partial charge in [0.05, 0.1) is 11.8 Å². The van der Waals surface area contributed by atoms with Gasteiger partial charge < -0.3 is 0 Å². The van der Waals surface area contributed by atoms with E-state index in [2.05, 4.69) is 11.1 Å². The van der Waals surface area contributed by atoms with E-state index in [1.807, 2.05) is 42.2 Å². The van der Waals surface area contributed by atoms with Crippen molar-refractivity contribution in [3.63, 3.8) is 0 Å². The first kappa shape index (κ1) is 18.5. The van der Waals surface area contributed by atoms with Gasteiger partial charge in [0.25, 0.3) is 0 Å². The van der Waals surface area contributed by atoms with E-state index in [0.717, 1.165) is 5.56 Å². The molecule has 1 aliphatic heterocycles. The normalized spacial score (nSPS) is 23.5. The number of hydrogen-bond donors (Lipinski definition) is 0. The fourth-order valence-corrected chi connectivity index (χ4v) is 3.66. The second-order valence-corrected chi connectivity index (χ2v) is 7.02. The summed E-state index contributed by atoms with van der Waals surface area (Å²) >= 11 is 0. The molecule has 2 heterocycles. The van der Waals surface area contributed by atoms with E-state index in [4.69, 9.17) is 5.26 Å². The van der Waals surface area contributed by atoms with Crippen molar-refractivity contribution < 1.29 is 8.78 Å². The summed E-state index contributed by atoms with van der Waals surface area (Å²) in [6, 6.07) is 15.1. The number of hydrogen-bond acceptors (Lipinski definition) is 3. The highest BCUT2D eigenvalue weighted by atomic mass is 19.1. The lowest BCUT2D eigenvalue weighted by molar-refractivity contribution is 0.00293. The molecule has 3 nitrogen and oxygen atoms in total. The predicted molar refractivity (Wildman–Crippen MR) is 97.4 cm³/mol. The van der Waals surface area contributed by atoms with Crippen LogP contribution in [0.3, 0.4) is 0 Å². The Labute approximate surface area is 153 Å². The minimum absolute atomic E-state index is 0.232. The highest BCUT2D eigenvalue weighted by molar-refractivity contribution is 5.58. The van der Waals surface area contributed by atoms with Crippen molar-refractivity contribution in [2.24, 2.45) is 5.41 Å². The van der Waals surface area contributed by atoms with E-state index < -0.39 is 17.5 Å². The Morgan fingerprint density at radius 2 is 2.04 bits per heavy atom. The summed E-state index contributed by atoms with van der Waals surface area (Å²) in [5.41, 5.74) is 1.37. The van der Waals surface area contributed by atoms with Crippen molar-refractivity contribution in [3.8, 4) is 17.3 Å². The molecule has 0 spiro atoms. The number of alkyl halides is 1. The Morgan fingerprint density at radius 3 is 2.65 bits per heavy atom. The molecular formula is C21H23F2N3. The molecule has 1 aromatic carbocycles. The van der Waals surface area contributed by atoms with Crippen LogP contribution in [0.2, 0.25) is 0 Å². The molecule has 1 aromatic heterocycles. The van der Waals surface area contributed by atoms with Crippen LogP contribution in [0.5, 0.6) is 0 Å². The lowest BCUT2D eigenvalue weighted by Crippen LogP contribution is -2.48. The largest absolute Gasteiger partial charge is 0.296 e. The number of pyridine rings is 1. The van der Waals surface area contributed by atoms with Crippen LogP contribution in [0.4, 0.5) is 8.78 Å². The molecule has 0 N–H and O–H groups in total. The van der Waals surface area contributed by atoms with Crippen LogP contribution in [0.25, 0.3) is 11.3 Å². The molecule has 2 unspecified atom stereocenters. The number of halogens is 2. The molecule has 0 radical (unpaired) electrons. The van der Waals surface area contributed by atoms with Gasteiger partial charge >= 0.3 is 0 Å². The molecule has 5 heteroatoms. The average molecular weight is 355 g/mol. The molecule has 2 aromatic rings. The number of piperidine rings is 1. The smallest absolute Gasteiger partial charge is 0.217 e.